The van der Waals surface area contributed by atoms with Gasteiger partial charge in [-0.25, -0.2) is 0 Å². The quantitative estimate of drug-likeness (QED) is 0.650. The number of hydrogen-bond donors (Lipinski definition) is 1. The standard InChI is InChI=1S/C23H26N4S/c1-5-26-22(21(25-23(26)28)19-13-9-10-14-24-19)20-15(2)16(3)27(17(20)4)18-11-7-6-8-12-18/h6-14,21-22H,5H2,1-4H3,(H,25,28)/t21-,22-/m1/s1. The average Bonchev–Trinajstić information content (AvgIpc) is 3.16. The lowest BCUT2D eigenvalue weighted by molar-refractivity contribution is 0.328. The molecular weight excluding hydrogens is 364 g/mol. The molecule has 0 unspecified atom stereocenters. The van der Waals surface area contributed by atoms with E-state index in [0.717, 1.165) is 17.4 Å². The van der Waals surface area contributed by atoms with E-state index in [4.69, 9.17) is 12.2 Å². The molecule has 4 nitrogen and oxygen atoms in total. The highest BCUT2D eigenvalue weighted by Gasteiger charge is 2.41. The summed E-state index contributed by atoms with van der Waals surface area (Å²) in [7, 11) is 0. The molecule has 1 N–H and O–H groups in total. The van der Waals surface area contributed by atoms with Crippen molar-refractivity contribution in [2.45, 2.75) is 39.8 Å². The zero-order valence-electron chi connectivity index (χ0n) is 16.8. The number of likely N-dealkylation sites (N-methyl/N-ethyl adjacent to an activating group) is 1. The number of rotatable bonds is 4. The fourth-order valence-corrected chi connectivity index (χ4v) is 4.84. The Morgan fingerprint density at radius 3 is 2.36 bits per heavy atom. The number of benzene rings is 1. The second kappa shape index (κ2) is 7.40. The number of pyridine rings is 1. The molecule has 2 atom stereocenters. The molecule has 2 aromatic heterocycles. The summed E-state index contributed by atoms with van der Waals surface area (Å²) >= 11 is 5.69. The van der Waals surface area contributed by atoms with Crippen molar-refractivity contribution in [3.8, 4) is 5.69 Å². The van der Waals surface area contributed by atoms with Crippen molar-refractivity contribution in [1.82, 2.24) is 19.8 Å². The molecular formula is C23H26N4S. The lowest BCUT2D eigenvalue weighted by Gasteiger charge is -2.27. The van der Waals surface area contributed by atoms with Gasteiger partial charge in [-0.15, -0.1) is 0 Å². The molecule has 0 aliphatic carbocycles. The predicted octanol–water partition coefficient (Wildman–Crippen LogP) is 4.79. The van der Waals surface area contributed by atoms with Crippen LogP contribution in [0, 0.1) is 20.8 Å². The molecule has 0 bridgehead atoms. The minimum absolute atomic E-state index is 0.0390. The van der Waals surface area contributed by atoms with E-state index in [-0.39, 0.29) is 12.1 Å². The van der Waals surface area contributed by atoms with Crippen LogP contribution in [0.5, 0.6) is 0 Å². The number of nitrogens with zero attached hydrogens (tertiary/aromatic N) is 3. The van der Waals surface area contributed by atoms with E-state index < -0.39 is 0 Å². The zero-order chi connectivity index (χ0) is 19.8. The third-order valence-electron chi connectivity index (χ3n) is 5.86. The van der Waals surface area contributed by atoms with Crippen LogP contribution < -0.4 is 5.32 Å². The van der Waals surface area contributed by atoms with E-state index in [1.54, 1.807) is 0 Å². The molecule has 1 saturated heterocycles. The molecule has 1 aliphatic heterocycles. The highest BCUT2D eigenvalue weighted by molar-refractivity contribution is 7.80. The number of aromatic nitrogens is 2. The Kier molecular flexibility index (Phi) is 4.94. The van der Waals surface area contributed by atoms with E-state index in [1.807, 2.05) is 18.3 Å². The molecule has 144 valence electrons. The first-order valence-corrected chi connectivity index (χ1v) is 10.2. The van der Waals surface area contributed by atoms with E-state index >= 15 is 0 Å². The van der Waals surface area contributed by atoms with Gasteiger partial charge in [-0.05, 0) is 69.7 Å². The minimum atomic E-state index is 0.0390. The Balaban J connectivity index is 1.89. The summed E-state index contributed by atoms with van der Waals surface area (Å²) < 4.78 is 2.36. The average molecular weight is 391 g/mol. The lowest BCUT2D eigenvalue weighted by Crippen LogP contribution is -2.29. The smallest absolute Gasteiger partial charge is 0.170 e. The molecule has 4 rings (SSSR count). The van der Waals surface area contributed by atoms with Gasteiger partial charge in [-0.3, -0.25) is 4.98 Å². The third kappa shape index (κ3) is 2.90. The summed E-state index contributed by atoms with van der Waals surface area (Å²) in [5, 5.41) is 4.33. The monoisotopic (exact) mass is 390 g/mol. The number of hydrogen-bond acceptors (Lipinski definition) is 2. The van der Waals surface area contributed by atoms with Crippen molar-refractivity contribution in [2.75, 3.05) is 6.54 Å². The Morgan fingerprint density at radius 2 is 1.71 bits per heavy atom. The second-order valence-electron chi connectivity index (χ2n) is 7.29. The highest BCUT2D eigenvalue weighted by Crippen LogP contribution is 2.43. The van der Waals surface area contributed by atoms with Gasteiger partial charge in [-0.2, -0.15) is 0 Å². The van der Waals surface area contributed by atoms with Gasteiger partial charge in [0, 0.05) is 35.4 Å². The Morgan fingerprint density at radius 1 is 1.00 bits per heavy atom. The van der Waals surface area contributed by atoms with E-state index in [9.17, 15) is 0 Å². The maximum absolute atomic E-state index is 5.69. The van der Waals surface area contributed by atoms with Gasteiger partial charge in [0.15, 0.2) is 5.11 Å². The van der Waals surface area contributed by atoms with Crippen molar-refractivity contribution in [3.63, 3.8) is 0 Å². The van der Waals surface area contributed by atoms with Crippen molar-refractivity contribution in [2.24, 2.45) is 0 Å². The van der Waals surface area contributed by atoms with Crippen LogP contribution in [0.25, 0.3) is 5.69 Å². The second-order valence-corrected chi connectivity index (χ2v) is 7.68. The maximum Gasteiger partial charge on any atom is 0.170 e. The summed E-state index contributed by atoms with van der Waals surface area (Å²) in [5.41, 5.74) is 7.40. The molecule has 1 aliphatic rings. The molecule has 28 heavy (non-hydrogen) atoms. The molecule has 0 amide bonds. The molecule has 0 radical (unpaired) electrons. The summed E-state index contributed by atoms with van der Waals surface area (Å²) in [6.45, 7) is 9.65. The van der Waals surface area contributed by atoms with Crippen LogP contribution in [-0.2, 0) is 0 Å². The number of nitrogens with one attached hydrogen (secondary N) is 1. The summed E-state index contributed by atoms with van der Waals surface area (Å²) in [4.78, 5) is 6.92. The Bertz CT molecular complexity index is 994. The topological polar surface area (TPSA) is 33.1 Å². The molecule has 3 aromatic rings. The van der Waals surface area contributed by atoms with Crippen LogP contribution in [0.15, 0.2) is 54.7 Å². The van der Waals surface area contributed by atoms with Crippen molar-refractivity contribution in [1.29, 1.82) is 0 Å². The zero-order valence-corrected chi connectivity index (χ0v) is 17.6. The predicted molar refractivity (Wildman–Crippen MR) is 118 cm³/mol. The number of thiocarbonyl (C=S) groups is 1. The molecule has 0 spiro atoms. The normalized spacial score (nSPS) is 19.1. The van der Waals surface area contributed by atoms with Crippen LogP contribution in [0.1, 0.15) is 47.2 Å². The number of para-hydroxylation sites is 1. The van der Waals surface area contributed by atoms with Crippen LogP contribution in [0.2, 0.25) is 0 Å². The first kappa shape index (κ1) is 18.7. The van der Waals surface area contributed by atoms with Gasteiger partial charge < -0.3 is 14.8 Å². The summed E-state index contributed by atoms with van der Waals surface area (Å²) in [6, 6.07) is 16.8. The van der Waals surface area contributed by atoms with Gasteiger partial charge >= 0.3 is 0 Å². The lowest BCUT2D eigenvalue weighted by atomic mass is 9.93. The van der Waals surface area contributed by atoms with Crippen LogP contribution in [-0.4, -0.2) is 26.1 Å². The Labute approximate surface area is 172 Å². The van der Waals surface area contributed by atoms with E-state index in [0.29, 0.717) is 0 Å². The first-order chi connectivity index (χ1) is 13.5. The summed E-state index contributed by atoms with van der Waals surface area (Å²) in [5.74, 6) is 0. The van der Waals surface area contributed by atoms with E-state index in [1.165, 1.54) is 28.2 Å². The van der Waals surface area contributed by atoms with Gasteiger partial charge in [0.1, 0.15) is 0 Å². The molecule has 1 fully saturated rings. The van der Waals surface area contributed by atoms with Crippen LogP contribution in [0.3, 0.4) is 0 Å². The van der Waals surface area contributed by atoms with Crippen molar-refractivity contribution < 1.29 is 0 Å². The largest absolute Gasteiger partial charge is 0.352 e. The fraction of sp³-hybridized carbons (Fsp3) is 0.304. The maximum atomic E-state index is 5.69. The molecule has 1 aromatic carbocycles. The highest BCUT2D eigenvalue weighted by atomic mass is 32.1. The third-order valence-corrected chi connectivity index (χ3v) is 6.21. The SMILES string of the molecule is CCN1C(=S)N[C@H](c2ccccn2)[C@H]1c1c(C)c(C)n(-c2ccccc2)c1C. The minimum Gasteiger partial charge on any atom is -0.352 e. The Hall–Kier alpha value is -2.66. The first-order valence-electron chi connectivity index (χ1n) is 9.76. The van der Waals surface area contributed by atoms with Crippen LogP contribution in [0.4, 0.5) is 0 Å². The van der Waals surface area contributed by atoms with Gasteiger partial charge in [0.25, 0.3) is 0 Å². The molecule has 3 heterocycles. The fourth-order valence-electron chi connectivity index (χ4n) is 4.47. The molecule has 0 saturated carbocycles. The summed E-state index contributed by atoms with van der Waals surface area (Å²) in [6.07, 6.45) is 1.85. The van der Waals surface area contributed by atoms with Crippen molar-refractivity contribution >= 4 is 17.3 Å². The van der Waals surface area contributed by atoms with Crippen LogP contribution >= 0.6 is 12.2 Å². The molecule has 5 heteroatoms. The van der Waals surface area contributed by atoms with Gasteiger partial charge in [0.05, 0.1) is 17.8 Å². The van der Waals surface area contributed by atoms with Gasteiger partial charge in [-0.1, -0.05) is 24.3 Å². The van der Waals surface area contributed by atoms with Gasteiger partial charge in [0.2, 0.25) is 0 Å². The van der Waals surface area contributed by atoms with E-state index in [2.05, 4.69) is 83.9 Å². The van der Waals surface area contributed by atoms with Crippen molar-refractivity contribution in [3.05, 3.63) is 82.9 Å².